The molecule has 8 heteroatoms. The number of anilines is 2. The van der Waals surface area contributed by atoms with Crippen LogP contribution in [0.2, 0.25) is 0 Å². The predicted molar refractivity (Wildman–Crippen MR) is 93.4 cm³/mol. The lowest BCUT2D eigenvalue weighted by Crippen LogP contribution is -2.17. The topological polar surface area (TPSA) is 117 Å². The van der Waals surface area contributed by atoms with Crippen molar-refractivity contribution in [2.75, 3.05) is 17.3 Å². The molecule has 1 aromatic heterocycles. The van der Waals surface area contributed by atoms with Gasteiger partial charge in [0.15, 0.2) is 0 Å². The van der Waals surface area contributed by atoms with Gasteiger partial charge in [-0.05, 0) is 36.8 Å². The molecule has 23 heavy (non-hydrogen) atoms. The van der Waals surface area contributed by atoms with Gasteiger partial charge in [-0.25, -0.2) is 9.97 Å². The van der Waals surface area contributed by atoms with Crippen LogP contribution >= 0.6 is 10.2 Å². The smallest absolute Gasteiger partial charge is 0.141 e. The normalized spacial score (nSPS) is 21.2. The first-order valence-corrected chi connectivity index (χ1v) is 9.11. The molecule has 3 rings (SSSR count). The molecule has 2 heterocycles. The van der Waals surface area contributed by atoms with Crippen LogP contribution in [0.4, 0.5) is 11.6 Å². The number of nitroso groups, excluding NO2 is 1. The fourth-order valence-electron chi connectivity index (χ4n) is 2.49. The second-order valence-corrected chi connectivity index (χ2v) is 8.55. The minimum Gasteiger partial charge on any atom is -0.383 e. The Kier molecular flexibility index (Phi) is 3.56. The Hall–Kier alpha value is -2.48. The molecule has 1 aliphatic heterocycles. The van der Waals surface area contributed by atoms with Gasteiger partial charge in [0.1, 0.15) is 18.0 Å². The maximum atomic E-state index is 11.0. The molecule has 0 amide bonds. The third-order valence-electron chi connectivity index (χ3n) is 3.75. The van der Waals surface area contributed by atoms with E-state index in [2.05, 4.69) is 19.9 Å². The molecular formula is C15H18N6OS. The van der Waals surface area contributed by atoms with E-state index in [0.717, 1.165) is 9.79 Å². The Bertz CT molecular complexity index is 822. The van der Waals surface area contributed by atoms with Gasteiger partial charge in [-0.15, -0.1) is 4.91 Å². The summed E-state index contributed by atoms with van der Waals surface area (Å²) < 4.78 is 3.25. The lowest BCUT2D eigenvalue weighted by Gasteiger charge is -2.15. The molecule has 1 unspecified atom stereocenters. The van der Waals surface area contributed by atoms with E-state index in [4.69, 9.17) is 11.1 Å². The van der Waals surface area contributed by atoms with Crippen molar-refractivity contribution in [3.63, 3.8) is 0 Å². The molecule has 0 bridgehead atoms. The third kappa shape index (κ3) is 2.44. The van der Waals surface area contributed by atoms with Crippen molar-refractivity contribution in [3.8, 4) is 0 Å². The molecule has 4 N–H and O–H groups in total. The van der Waals surface area contributed by atoms with E-state index in [-0.39, 0.29) is 17.6 Å². The average molecular weight is 330 g/mol. The number of rotatable bonds is 5. The zero-order valence-corrected chi connectivity index (χ0v) is 13.9. The van der Waals surface area contributed by atoms with Crippen LogP contribution < -0.4 is 11.1 Å². The summed E-state index contributed by atoms with van der Waals surface area (Å²) in [5.41, 5.74) is 7.35. The number of nitrogens with two attached hydrogens (primary N) is 1. The maximum absolute atomic E-state index is 11.0. The zero-order valence-electron chi connectivity index (χ0n) is 13.1. The van der Waals surface area contributed by atoms with Gasteiger partial charge in [0, 0.05) is 21.4 Å². The maximum Gasteiger partial charge on any atom is 0.141 e. The number of fused-ring (bicyclic) bond motifs is 1. The van der Waals surface area contributed by atoms with E-state index in [9.17, 15) is 4.91 Å². The molecule has 0 fully saturated rings. The lowest BCUT2D eigenvalue weighted by molar-refractivity contribution is 0.885. The summed E-state index contributed by atoms with van der Waals surface area (Å²) in [6.45, 7) is 3.97. The van der Waals surface area contributed by atoms with Gasteiger partial charge in [-0.2, -0.15) is 0 Å². The van der Waals surface area contributed by atoms with E-state index >= 15 is 0 Å². The Morgan fingerprint density at radius 2 is 2.09 bits per heavy atom. The van der Waals surface area contributed by atoms with E-state index < -0.39 is 10.2 Å². The first-order chi connectivity index (χ1) is 10.9. The third-order valence-corrected chi connectivity index (χ3v) is 6.25. The highest BCUT2D eigenvalue weighted by Crippen LogP contribution is 2.77. The van der Waals surface area contributed by atoms with Crippen LogP contribution in [-0.2, 0) is 0 Å². The minimum atomic E-state index is -1.65. The Labute approximate surface area is 135 Å². The van der Waals surface area contributed by atoms with Crippen LogP contribution in [0, 0.1) is 10.3 Å². The van der Waals surface area contributed by atoms with Crippen molar-refractivity contribution in [2.45, 2.75) is 29.7 Å². The van der Waals surface area contributed by atoms with Crippen LogP contribution in [0.25, 0.3) is 0 Å². The Balaban J connectivity index is 2.01. The van der Waals surface area contributed by atoms with Crippen LogP contribution in [0.1, 0.15) is 25.0 Å². The van der Waals surface area contributed by atoms with Crippen molar-refractivity contribution in [3.05, 3.63) is 40.6 Å². The molecular weight excluding hydrogens is 312 g/mol. The summed E-state index contributed by atoms with van der Waals surface area (Å²) in [5, 5.41) is 11.7. The molecule has 0 spiro atoms. The molecule has 0 radical (unpaired) electrons. The SMILES string of the molecule is CC(C)Nc1ncnc(N)c1C(=N)c1ccc2c(c1)S2(C)N=O. The van der Waals surface area contributed by atoms with Gasteiger partial charge < -0.3 is 11.1 Å². The average Bonchev–Trinajstić information content (AvgIpc) is 3.11. The van der Waals surface area contributed by atoms with E-state index in [1.54, 1.807) is 0 Å². The fourth-order valence-corrected chi connectivity index (χ4v) is 4.47. The highest BCUT2D eigenvalue weighted by molar-refractivity contribution is 8.36. The molecule has 120 valence electrons. The first-order valence-electron chi connectivity index (χ1n) is 7.12. The second kappa shape index (κ2) is 5.31. The second-order valence-electron chi connectivity index (χ2n) is 5.77. The fraction of sp³-hybridized carbons (Fsp3) is 0.267. The van der Waals surface area contributed by atoms with Crippen molar-refractivity contribution < 1.29 is 0 Å². The molecule has 0 saturated carbocycles. The van der Waals surface area contributed by atoms with E-state index in [0.29, 0.717) is 16.9 Å². The molecule has 7 nitrogen and oxygen atoms in total. The van der Waals surface area contributed by atoms with Crippen LogP contribution in [0.3, 0.4) is 0 Å². The highest BCUT2D eigenvalue weighted by atomic mass is 32.3. The monoisotopic (exact) mass is 330 g/mol. The number of nitrogen functional groups attached to an aromatic ring is 1. The Morgan fingerprint density at radius 1 is 1.35 bits per heavy atom. The highest BCUT2D eigenvalue weighted by Gasteiger charge is 2.43. The molecule has 1 aromatic carbocycles. The van der Waals surface area contributed by atoms with Gasteiger partial charge in [0.05, 0.1) is 11.3 Å². The van der Waals surface area contributed by atoms with E-state index in [1.807, 2.05) is 38.3 Å². The lowest BCUT2D eigenvalue weighted by atomic mass is 10.0. The van der Waals surface area contributed by atoms with Gasteiger partial charge in [0.25, 0.3) is 0 Å². The molecule has 1 atom stereocenters. The van der Waals surface area contributed by atoms with Gasteiger partial charge >= 0.3 is 0 Å². The summed E-state index contributed by atoms with van der Waals surface area (Å²) in [7, 11) is -1.65. The zero-order chi connectivity index (χ0) is 16.8. The van der Waals surface area contributed by atoms with Gasteiger partial charge in [-0.3, -0.25) is 5.41 Å². The summed E-state index contributed by atoms with van der Waals surface area (Å²) >= 11 is 0. The predicted octanol–water partition coefficient (Wildman–Crippen LogP) is 3.14. The van der Waals surface area contributed by atoms with Gasteiger partial charge in [-0.1, -0.05) is 16.3 Å². The summed E-state index contributed by atoms with van der Waals surface area (Å²) in [5.74, 6) is 0.785. The number of nitrogens with one attached hydrogen (secondary N) is 2. The van der Waals surface area contributed by atoms with Crippen molar-refractivity contribution in [1.82, 2.24) is 9.97 Å². The summed E-state index contributed by atoms with van der Waals surface area (Å²) in [4.78, 5) is 21.1. The molecule has 1 aliphatic rings. The van der Waals surface area contributed by atoms with Crippen molar-refractivity contribution in [2.24, 2.45) is 4.58 Å². The quantitative estimate of drug-likeness (QED) is 0.442. The number of hydrogen-bond donors (Lipinski definition) is 3. The number of nitrogens with zero attached hydrogens (tertiary/aromatic N) is 3. The Morgan fingerprint density at radius 3 is 2.74 bits per heavy atom. The number of aromatic nitrogens is 2. The minimum absolute atomic E-state index is 0.150. The molecule has 0 saturated heterocycles. The summed E-state index contributed by atoms with van der Waals surface area (Å²) in [6, 6.07) is 5.68. The standard InChI is InChI=1S/C15H18N6OS/c1-8(2)20-15-12(14(17)18-7-19-15)13(16)9-4-5-10-11(6-9)23(10,3)21-22/h4-8,16H,1-3H3,(H3,17,18,19,20). The number of hydrogen-bond acceptors (Lipinski definition) is 7. The molecule has 2 aromatic rings. The van der Waals surface area contributed by atoms with Crippen molar-refractivity contribution in [1.29, 1.82) is 5.41 Å². The molecule has 0 aliphatic carbocycles. The van der Waals surface area contributed by atoms with Crippen LogP contribution in [-0.4, -0.2) is 28.0 Å². The number of benzene rings is 1. The van der Waals surface area contributed by atoms with E-state index in [1.165, 1.54) is 6.33 Å². The van der Waals surface area contributed by atoms with Gasteiger partial charge in [0.2, 0.25) is 0 Å². The van der Waals surface area contributed by atoms with Crippen LogP contribution in [0.15, 0.2) is 38.9 Å². The van der Waals surface area contributed by atoms with Crippen molar-refractivity contribution >= 4 is 27.6 Å². The summed E-state index contributed by atoms with van der Waals surface area (Å²) in [6.07, 6.45) is 3.23. The largest absolute Gasteiger partial charge is 0.383 e. The first kappa shape index (κ1) is 15.4. The van der Waals surface area contributed by atoms with Crippen LogP contribution in [0.5, 0.6) is 0 Å².